The highest BCUT2D eigenvalue weighted by Gasteiger charge is 2.29. The molecule has 1 saturated heterocycles. The molecule has 0 unspecified atom stereocenters. The summed E-state index contributed by atoms with van der Waals surface area (Å²) < 4.78 is 5.55. The summed E-state index contributed by atoms with van der Waals surface area (Å²) in [5.41, 5.74) is 0. The summed E-state index contributed by atoms with van der Waals surface area (Å²) in [6.07, 6.45) is 4.08. The first-order valence-electron chi connectivity index (χ1n) is 8.20. The summed E-state index contributed by atoms with van der Waals surface area (Å²) in [5, 5.41) is 7.39. The van der Waals surface area contributed by atoms with E-state index in [1.165, 1.54) is 29.1 Å². The monoisotopic (exact) mass is 348 g/mol. The average Bonchev–Trinajstić information content (AvgIpc) is 3.35. The Morgan fingerprint density at radius 2 is 2.04 bits per heavy atom. The lowest BCUT2D eigenvalue weighted by Crippen LogP contribution is -3.11. The van der Waals surface area contributed by atoms with E-state index < -0.39 is 0 Å². The minimum Gasteiger partial charge on any atom is -0.463 e. The molecule has 0 aromatic carbocycles. The molecule has 0 radical (unpaired) electrons. The average molecular weight is 348 g/mol. The number of hydrogen-bond acceptors (Lipinski definition) is 4. The van der Waals surface area contributed by atoms with Crippen molar-refractivity contribution in [3.8, 4) is 0 Å². The number of thiophene rings is 1. The van der Waals surface area contributed by atoms with Crippen LogP contribution >= 0.6 is 11.3 Å². The molecule has 0 aliphatic carbocycles. The van der Waals surface area contributed by atoms with E-state index in [9.17, 15) is 9.59 Å². The van der Waals surface area contributed by atoms with Gasteiger partial charge in [0.2, 0.25) is 5.91 Å². The first kappa shape index (κ1) is 16.7. The molecule has 2 aromatic heterocycles. The first-order chi connectivity index (χ1) is 11.7. The molecule has 1 atom stereocenters. The van der Waals surface area contributed by atoms with Crippen molar-refractivity contribution in [3.05, 3.63) is 46.5 Å². The van der Waals surface area contributed by atoms with E-state index in [-0.39, 0.29) is 24.4 Å². The Labute approximate surface area is 144 Å². The first-order valence-corrected chi connectivity index (χ1v) is 9.08. The maximum absolute atomic E-state index is 12.0. The van der Waals surface area contributed by atoms with Crippen LogP contribution in [0.2, 0.25) is 0 Å². The Kier molecular flexibility index (Phi) is 5.66. The molecule has 0 saturated carbocycles. The van der Waals surface area contributed by atoms with Crippen molar-refractivity contribution < 1.29 is 18.9 Å². The van der Waals surface area contributed by atoms with Crippen molar-refractivity contribution in [3.63, 3.8) is 0 Å². The number of hydrogen-bond donors (Lipinski definition) is 3. The molecular formula is C17H22N3O3S+. The number of furan rings is 1. The Balaban J connectivity index is 1.49. The maximum Gasteiger partial charge on any atom is 0.261 e. The summed E-state index contributed by atoms with van der Waals surface area (Å²) in [5.74, 6) is 0.498. The Hall–Kier alpha value is -2.12. The molecule has 1 aliphatic rings. The second-order valence-electron chi connectivity index (χ2n) is 5.90. The smallest absolute Gasteiger partial charge is 0.261 e. The van der Waals surface area contributed by atoms with Crippen LogP contribution in [0.4, 0.5) is 0 Å². The van der Waals surface area contributed by atoms with E-state index in [0.29, 0.717) is 11.4 Å². The van der Waals surface area contributed by atoms with Crippen molar-refractivity contribution in [1.82, 2.24) is 10.6 Å². The summed E-state index contributed by atoms with van der Waals surface area (Å²) >= 11 is 1.36. The second-order valence-corrected chi connectivity index (χ2v) is 6.85. The van der Waals surface area contributed by atoms with Gasteiger partial charge in [-0.05, 0) is 23.6 Å². The van der Waals surface area contributed by atoms with Crippen LogP contribution in [0.5, 0.6) is 0 Å². The van der Waals surface area contributed by atoms with Crippen molar-refractivity contribution in [2.45, 2.75) is 18.9 Å². The predicted octanol–water partition coefficient (Wildman–Crippen LogP) is 0.607. The largest absolute Gasteiger partial charge is 0.463 e. The fraction of sp³-hybridized carbons (Fsp3) is 0.412. The molecule has 7 heteroatoms. The minimum atomic E-state index is -0.215. The number of nitrogens with one attached hydrogen (secondary N) is 3. The van der Waals surface area contributed by atoms with Crippen molar-refractivity contribution in [2.24, 2.45) is 0 Å². The van der Waals surface area contributed by atoms with E-state index in [0.717, 1.165) is 18.8 Å². The summed E-state index contributed by atoms with van der Waals surface area (Å²) in [6.45, 7) is 2.68. The second kappa shape index (κ2) is 8.12. The molecule has 1 fully saturated rings. The quantitative estimate of drug-likeness (QED) is 0.686. The van der Waals surface area contributed by atoms with Gasteiger partial charge >= 0.3 is 0 Å². The van der Waals surface area contributed by atoms with Gasteiger partial charge in [0.25, 0.3) is 5.91 Å². The van der Waals surface area contributed by atoms with Crippen LogP contribution in [-0.4, -0.2) is 38.0 Å². The van der Waals surface area contributed by atoms with Gasteiger partial charge in [-0.15, -0.1) is 11.3 Å². The fourth-order valence-electron chi connectivity index (χ4n) is 3.05. The number of amides is 2. The maximum atomic E-state index is 12.0. The molecule has 2 amide bonds. The van der Waals surface area contributed by atoms with Gasteiger partial charge in [-0.2, -0.15) is 0 Å². The molecule has 128 valence electrons. The van der Waals surface area contributed by atoms with Crippen LogP contribution in [0, 0.1) is 0 Å². The SMILES string of the molecule is O=C(CNC(=O)c1cccs1)NC[C@H](c1ccco1)[NH+]1CCCC1. The predicted molar refractivity (Wildman–Crippen MR) is 91.0 cm³/mol. The molecule has 6 nitrogen and oxygen atoms in total. The van der Waals surface area contributed by atoms with Gasteiger partial charge in [-0.1, -0.05) is 6.07 Å². The van der Waals surface area contributed by atoms with Gasteiger partial charge in [0.05, 0.1) is 37.3 Å². The van der Waals surface area contributed by atoms with Crippen LogP contribution < -0.4 is 15.5 Å². The van der Waals surface area contributed by atoms with Gasteiger partial charge in [0, 0.05) is 12.8 Å². The molecule has 24 heavy (non-hydrogen) atoms. The molecular weight excluding hydrogens is 326 g/mol. The molecule has 0 bridgehead atoms. The highest BCUT2D eigenvalue weighted by atomic mass is 32.1. The van der Waals surface area contributed by atoms with Gasteiger partial charge in [0.15, 0.2) is 11.8 Å². The van der Waals surface area contributed by atoms with E-state index in [1.807, 2.05) is 23.6 Å². The standard InChI is InChI=1S/C17H21N3O3S/c21-16(12-19-17(22)15-6-4-10-24-15)18-11-13(14-5-3-9-23-14)20-7-1-2-8-20/h3-6,9-10,13H,1-2,7-8,11-12H2,(H,18,21)(H,19,22)/p+1/t13-/m1/s1. The van der Waals surface area contributed by atoms with Crippen molar-refractivity contribution in [2.75, 3.05) is 26.2 Å². The number of quaternary nitrogens is 1. The number of rotatable bonds is 7. The van der Waals surface area contributed by atoms with E-state index >= 15 is 0 Å². The van der Waals surface area contributed by atoms with Crippen LogP contribution in [-0.2, 0) is 4.79 Å². The van der Waals surface area contributed by atoms with Crippen molar-refractivity contribution in [1.29, 1.82) is 0 Å². The van der Waals surface area contributed by atoms with Crippen LogP contribution in [0.25, 0.3) is 0 Å². The molecule has 3 heterocycles. The summed E-state index contributed by atoms with van der Waals surface area (Å²) in [6, 6.07) is 7.51. The lowest BCUT2D eigenvalue weighted by Gasteiger charge is -2.23. The number of likely N-dealkylation sites (tertiary alicyclic amines) is 1. The Morgan fingerprint density at radius 3 is 2.71 bits per heavy atom. The van der Waals surface area contributed by atoms with Crippen LogP contribution in [0.3, 0.4) is 0 Å². The van der Waals surface area contributed by atoms with E-state index in [4.69, 9.17) is 4.42 Å². The van der Waals surface area contributed by atoms with Crippen molar-refractivity contribution >= 4 is 23.2 Å². The third kappa shape index (κ3) is 4.24. The van der Waals surface area contributed by atoms with E-state index in [1.54, 1.807) is 12.3 Å². The lowest BCUT2D eigenvalue weighted by molar-refractivity contribution is -0.919. The zero-order chi connectivity index (χ0) is 16.8. The minimum absolute atomic E-state index is 0.0169. The molecule has 0 spiro atoms. The van der Waals surface area contributed by atoms with Gasteiger partial charge in [0.1, 0.15) is 0 Å². The number of carbonyl (C=O) groups is 2. The van der Waals surface area contributed by atoms with Gasteiger partial charge in [-0.25, -0.2) is 0 Å². The molecule has 3 N–H and O–H groups in total. The Bertz CT molecular complexity index is 649. The molecule has 2 aromatic rings. The van der Waals surface area contributed by atoms with E-state index in [2.05, 4.69) is 10.6 Å². The molecule has 1 aliphatic heterocycles. The normalized spacial score (nSPS) is 16.0. The summed E-state index contributed by atoms with van der Waals surface area (Å²) in [4.78, 5) is 25.9. The molecule has 3 rings (SSSR count). The van der Waals surface area contributed by atoms with Gasteiger partial charge in [-0.3, -0.25) is 9.59 Å². The van der Waals surface area contributed by atoms with Crippen LogP contribution in [0.15, 0.2) is 40.3 Å². The fourth-order valence-corrected chi connectivity index (χ4v) is 3.69. The third-order valence-corrected chi connectivity index (χ3v) is 5.15. The van der Waals surface area contributed by atoms with Gasteiger partial charge < -0.3 is 20.0 Å². The van der Waals surface area contributed by atoms with Crippen LogP contribution in [0.1, 0.15) is 34.3 Å². The zero-order valence-electron chi connectivity index (χ0n) is 13.4. The lowest BCUT2D eigenvalue weighted by atomic mass is 10.2. The topological polar surface area (TPSA) is 75.8 Å². The zero-order valence-corrected chi connectivity index (χ0v) is 14.2. The Morgan fingerprint density at radius 1 is 1.21 bits per heavy atom. The third-order valence-electron chi connectivity index (χ3n) is 4.28. The number of carbonyl (C=O) groups excluding carboxylic acids is 2. The highest BCUT2D eigenvalue weighted by molar-refractivity contribution is 7.12. The highest BCUT2D eigenvalue weighted by Crippen LogP contribution is 2.11. The summed E-state index contributed by atoms with van der Waals surface area (Å²) in [7, 11) is 0.